The first-order valence-electron chi connectivity index (χ1n) is 7.32. The fraction of sp³-hybridized carbons (Fsp3) is 0.375. The van der Waals surface area contributed by atoms with Crippen molar-refractivity contribution in [3.63, 3.8) is 0 Å². The Bertz CT molecular complexity index is 652. The summed E-state index contributed by atoms with van der Waals surface area (Å²) in [6.07, 6.45) is 2.07. The number of hydrogen-bond acceptors (Lipinski definition) is 3. The summed E-state index contributed by atoms with van der Waals surface area (Å²) in [7, 11) is 0. The molecule has 3 rings (SSSR count). The van der Waals surface area contributed by atoms with Crippen LogP contribution in [0.5, 0.6) is 0 Å². The summed E-state index contributed by atoms with van der Waals surface area (Å²) in [6.45, 7) is 2.89. The second-order valence-electron chi connectivity index (χ2n) is 5.53. The number of benzene rings is 1. The Hall–Kier alpha value is -1.95. The Morgan fingerprint density at radius 3 is 2.73 bits per heavy atom. The number of carbonyl (C=O) groups excluding carboxylic acids is 1. The largest absolute Gasteiger partial charge is 0.331 e. The van der Waals surface area contributed by atoms with E-state index < -0.39 is 0 Å². The van der Waals surface area contributed by atoms with E-state index in [1.807, 2.05) is 17.2 Å². The highest BCUT2D eigenvalue weighted by molar-refractivity contribution is 7.09. The van der Waals surface area contributed by atoms with Crippen LogP contribution in [0.4, 0.5) is 9.18 Å². The molecule has 1 aliphatic carbocycles. The van der Waals surface area contributed by atoms with Crippen molar-refractivity contribution in [3.05, 3.63) is 51.7 Å². The number of aromatic nitrogens is 1. The summed E-state index contributed by atoms with van der Waals surface area (Å²) in [5, 5.41) is 5.80. The van der Waals surface area contributed by atoms with E-state index in [9.17, 15) is 9.18 Å². The summed E-state index contributed by atoms with van der Waals surface area (Å²) in [6, 6.07) is 6.51. The second-order valence-corrected chi connectivity index (χ2v) is 6.47. The van der Waals surface area contributed by atoms with Gasteiger partial charge in [0, 0.05) is 23.7 Å². The molecule has 0 bridgehead atoms. The van der Waals surface area contributed by atoms with Crippen molar-refractivity contribution >= 4 is 17.4 Å². The normalized spacial score (nSPS) is 13.9. The molecule has 0 atom stereocenters. The summed E-state index contributed by atoms with van der Waals surface area (Å²) in [5.41, 5.74) is 1.91. The average molecular weight is 319 g/mol. The van der Waals surface area contributed by atoms with Crippen molar-refractivity contribution in [2.45, 2.75) is 38.9 Å². The monoisotopic (exact) mass is 319 g/mol. The van der Waals surface area contributed by atoms with Gasteiger partial charge in [0.15, 0.2) is 0 Å². The van der Waals surface area contributed by atoms with Gasteiger partial charge in [0.25, 0.3) is 0 Å². The Morgan fingerprint density at radius 1 is 1.41 bits per heavy atom. The van der Waals surface area contributed by atoms with E-state index in [2.05, 4.69) is 10.3 Å². The molecule has 22 heavy (non-hydrogen) atoms. The Balaban J connectivity index is 1.60. The number of hydrogen-bond donors (Lipinski definition) is 1. The minimum atomic E-state index is -0.259. The van der Waals surface area contributed by atoms with E-state index in [0.29, 0.717) is 19.1 Å². The van der Waals surface area contributed by atoms with Crippen LogP contribution < -0.4 is 5.32 Å². The molecule has 1 N–H and O–H groups in total. The molecule has 6 heteroatoms. The summed E-state index contributed by atoms with van der Waals surface area (Å²) in [4.78, 5) is 18.6. The van der Waals surface area contributed by atoms with Crippen LogP contribution in [-0.4, -0.2) is 22.0 Å². The lowest BCUT2D eigenvalue weighted by atomic mass is 10.2. The van der Waals surface area contributed by atoms with Crippen LogP contribution in [0.1, 0.15) is 29.1 Å². The highest BCUT2D eigenvalue weighted by Gasteiger charge is 2.32. The highest BCUT2D eigenvalue weighted by atomic mass is 32.1. The van der Waals surface area contributed by atoms with Crippen LogP contribution in [0.25, 0.3) is 0 Å². The first-order chi connectivity index (χ1) is 10.6. The van der Waals surface area contributed by atoms with Gasteiger partial charge in [-0.2, -0.15) is 0 Å². The van der Waals surface area contributed by atoms with Crippen molar-refractivity contribution in [2.75, 3.05) is 0 Å². The molecule has 1 saturated carbocycles. The predicted molar refractivity (Wildman–Crippen MR) is 84.1 cm³/mol. The number of carbonyl (C=O) groups is 1. The molecule has 2 aromatic rings. The highest BCUT2D eigenvalue weighted by Crippen LogP contribution is 2.28. The van der Waals surface area contributed by atoms with Gasteiger partial charge >= 0.3 is 6.03 Å². The van der Waals surface area contributed by atoms with Crippen LogP contribution in [0.2, 0.25) is 0 Å². The van der Waals surface area contributed by atoms with Gasteiger partial charge in [0.1, 0.15) is 10.8 Å². The lowest BCUT2D eigenvalue weighted by Crippen LogP contribution is -2.40. The van der Waals surface area contributed by atoms with E-state index in [-0.39, 0.29) is 11.8 Å². The molecule has 1 fully saturated rings. The molecule has 116 valence electrons. The van der Waals surface area contributed by atoms with Crippen LogP contribution in [-0.2, 0) is 13.1 Å². The number of thiazole rings is 1. The molecule has 1 aliphatic rings. The van der Waals surface area contributed by atoms with Gasteiger partial charge in [0.2, 0.25) is 0 Å². The summed E-state index contributed by atoms with van der Waals surface area (Å²) >= 11 is 1.55. The molecular formula is C16H18FN3OS. The quantitative estimate of drug-likeness (QED) is 0.917. The second kappa shape index (κ2) is 6.44. The number of aryl methyl sites for hydroxylation is 1. The fourth-order valence-corrected chi connectivity index (χ4v) is 2.99. The van der Waals surface area contributed by atoms with Gasteiger partial charge in [-0.3, -0.25) is 0 Å². The van der Waals surface area contributed by atoms with Gasteiger partial charge in [-0.1, -0.05) is 12.1 Å². The van der Waals surface area contributed by atoms with Gasteiger partial charge < -0.3 is 10.2 Å². The van der Waals surface area contributed by atoms with E-state index >= 15 is 0 Å². The van der Waals surface area contributed by atoms with E-state index in [4.69, 9.17) is 0 Å². The van der Waals surface area contributed by atoms with E-state index in [1.54, 1.807) is 23.5 Å². The number of amides is 2. The zero-order valence-electron chi connectivity index (χ0n) is 12.4. The topological polar surface area (TPSA) is 45.2 Å². The van der Waals surface area contributed by atoms with Gasteiger partial charge in [-0.15, -0.1) is 11.3 Å². The number of nitrogens with one attached hydrogen (secondary N) is 1. The number of urea groups is 1. The maximum Gasteiger partial charge on any atom is 0.318 e. The van der Waals surface area contributed by atoms with Gasteiger partial charge in [0.05, 0.1) is 6.54 Å². The summed E-state index contributed by atoms with van der Waals surface area (Å²) < 4.78 is 13.0. The third kappa shape index (κ3) is 3.82. The first-order valence-corrected chi connectivity index (χ1v) is 8.20. The van der Waals surface area contributed by atoms with E-state index in [0.717, 1.165) is 29.1 Å². The van der Waals surface area contributed by atoms with Crippen molar-refractivity contribution in [3.8, 4) is 0 Å². The molecule has 0 saturated heterocycles. The zero-order valence-corrected chi connectivity index (χ0v) is 13.2. The van der Waals surface area contributed by atoms with Gasteiger partial charge in [-0.05, 0) is 37.5 Å². The Morgan fingerprint density at radius 2 is 2.14 bits per heavy atom. The van der Waals surface area contributed by atoms with Crippen LogP contribution in [0, 0.1) is 12.7 Å². The fourth-order valence-electron chi connectivity index (χ4n) is 2.28. The molecule has 0 spiro atoms. The SMILES string of the molecule is Cc1csc(CNC(=O)N(Cc2ccc(F)cc2)C2CC2)n1. The van der Waals surface area contributed by atoms with Crippen molar-refractivity contribution < 1.29 is 9.18 Å². The number of rotatable bonds is 5. The minimum absolute atomic E-state index is 0.0836. The number of halogens is 1. The standard InChI is InChI=1S/C16H18FN3OS/c1-11-10-22-15(19-11)8-18-16(21)20(14-6-7-14)9-12-2-4-13(17)5-3-12/h2-5,10,14H,6-9H2,1H3,(H,18,21). The minimum Gasteiger partial charge on any atom is -0.331 e. The third-order valence-corrected chi connectivity index (χ3v) is 4.54. The van der Waals surface area contributed by atoms with Crippen LogP contribution >= 0.6 is 11.3 Å². The van der Waals surface area contributed by atoms with E-state index in [1.165, 1.54) is 12.1 Å². The summed E-state index contributed by atoms with van der Waals surface area (Å²) in [5.74, 6) is -0.259. The molecule has 1 aromatic carbocycles. The molecule has 0 aliphatic heterocycles. The molecule has 2 amide bonds. The zero-order chi connectivity index (χ0) is 15.5. The van der Waals surface area contributed by atoms with Crippen LogP contribution in [0.3, 0.4) is 0 Å². The smallest absolute Gasteiger partial charge is 0.318 e. The van der Waals surface area contributed by atoms with Crippen molar-refractivity contribution in [2.24, 2.45) is 0 Å². The molecule has 1 aromatic heterocycles. The third-order valence-electron chi connectivity index (χ3n) is 3.57. The Kier molecular flexibility index (Phi) is 4.38. The van der Waals surface area contributed by atoms with Crippen LogP contribution in [0.15, 0.2) is 29.6 Å². The predicted octanol–water partition coefficient (Wildman–Crippen LogP) is 3.46. The lowest BCUT2D eigenvalue weighted by molar-refractivity contribution is 0.191. The maximum atomic E-state index is 13.0. The molecule has 0 unspecified atom stereocenters. The maximum absolute atomic E-state index is 13.0. The average Bonchev–Trinajstić information content (AvgIpc) is 3.26. The molecule has 0 radical (unpaired) electrons. The molecular weight excluding hydrogens is 301 g/mol. The van der Waals surface area contributed by atoms with Gasteiger partial charge in [-0.25, -0.2) is 14.2 Å². The molecule has 1 heterocycles. The van der Waals surface area contributed by atoms with Crippen molar-refractivity contribution in [1.82, 2.24) is 15.2 Å². The first kappa shape index (κ1) is 15.0. The Labute approximate surface area is 133 Å². The lowest BCUT2D eigenvalue weighted by Gasteiger charge is -2.22. The number of nitrogens with zero attached hydrogens (tertiary/aromatic N) is 2. The van der Waals surface area contributed by atoms with Crippen molar-refractivity contribution in [1.29, 1.82) is 0 Å². The molecule has 4 nitrogen and oxygen atoms in total.